The zero-order valence-electron chi connectivity index (χ0n) is 11.2. The van der Waals surface area contributed by atoms with Crippen molar-refractivity contribution >= 4 is 44.0 Å². The van der Waals surface area contributed by atoms with Crippen LogP contribution in [-0.4, -0.2) is 33.8 Å². The number of aromatic amines is 1. The third-order valence-electron chi connectivity index (χ3n) is 4.62. The summed E-state index contributed by atoms with van der Waals surface area (Å²) in [4.78, 5) is 5.83. The number of H-pyrrole nitrogens is 1. The molecule has 1 aliphatic carbocycles. The fourth-order valence-electron chi connectivity index (χ4n) is 3.64. The Morgan fingerprint density at radius 2 is 2.30 bits per heavy atom. The van der Waals surface area contributed by atoms with E-state index in [-0.39, 0.29) is 4.29 Å². The molecule has 1 aromatic carbocycles. The van der Waals surface area contributed by atoms with Crippen molar-refractivity contribution in [2.75, 3.05) is 13.6 Å². The highest BCUT2D eigenvalue weighted by Gasteiger charge is 2.34. The van der Waals surface area contributed by atoms with Crippen LogP contribution in [0.25, 0.3) is 16.5 Å². The predicted octanol–water partition coefficient (Wildman–Crippen LogP) is 4.00. The minimum atomic E-state index is -0.00905. The zero-order valence-corrected chi connectivity index (χ0v) is 13.6. The molecule has 0 saturated heterocycles. The molecule has 4 rings (SSSR count). The number of fused-ring (bicyclic) bond motifs is 2. The summed E-state index contributed by atoms with van der Waals surface area (Å²) in [6.07, 6.45) is 5.63. The second-order valence-corrected chi connectivity index (χ2v) is 7.81. The Morgan fingerprint density at radius 1 is 1.45 bits per heavy atom. The highest BCUT2D eigenvalue weighted by atomic mass is 79.9. The Bertz CT molecular complexity index is 704. The van der Waals surface area contributed by atoms with Gasteiger partial charge in [-0.2, -0.15) is 0 Å². The van der Waals surface area contributed by atoms with E-state index in [4.69, 9.17) is 11.6 Å². The van der Waals surface area contributed by atoms with E-state index in [0.717, 1.165) is 13.0 Å². The molecule has 0 spiro atoms. The number of benzene rings is 1. The molecule has 1 unspecified atom stereocenters. The van der Waals surface area contributed by atoms with E-state index < -0.39 is 0 Å². The van der Waals surface area contributed by atoms with Crippen molar-refractivity contribution in [1.82, 2.24) is 9.88 Å². The van der Waals surface area contributed by atoms with Crippen LogP contribution in [0, 0.1) is 5.92 Å². The van der Waals surface area contributed by atoms with Gasteiger partial charge < -0.3 is 4.98 Å². The second kappa shape index (κ2) is 4.62. The summed E-state index contributed by atoms with van der Waals surface area (Å²) in [6.45, 7) is 1.00. The van der Waals surface area contributed by atoms with Crippen LogP contribution in [0.3, 0.4) is 0 Å². The van der Waals surface area contributed by atoms with Crippen molar-refractivity contribution in [1.29, 1.82) is 0 Å². The molecule has 1 N–H and O–H groups in total. The van der Waals surface area contributed by atoms with Crippen LogP contribution in [0.4, 0.5) is 0 Å². The van der Waals surface area contributed by atoms with Crippen molar-refractivity contribution in [2.24, 2.45) is 5.92 Å². The molecule has 1 aromatic heterocycles. The van der Waals surface area contributed by atoms with Crippen molar-refractivity contribution in [2.45, 2.75) is 16.7 Å². The number of hydrogen-bond donors (Lipinski definition) is 1. The molecular weight excluding hydrogens is 336 g/mol. The number of nitrogens with zero attached hydrogens (tertiary/aromatic N) is 1. The summed E-state index contributed by atoms with van der Waals surface area (Å²) in [5.41, 5.74) is 5.48. The van der Waals surface area contributed by atoms with Gasteiger partial charge in [0.15, 0.2) is 0 Å². The molecule has 0 fully saturated rings. The van der Waals surface area contributed by atoms with E-state index in [9.17, 15) is 0 Å². The Kier molecular flexibility index (Phi) is 2.99. The van der Waals surface area contributed by atoms with Crippen molar-refractivity contribution in [3.8, 4) is 0 Å². The van der Waals surface area contributed by atoms with Crippen LogP contribution in [0.2, 0.25) is 0 Å². The molecule has 104 valence electrons. The standard InChI is InChI=1S/C16H16BrClN2/c1-20-8-10(16(17)18)5-12-11-3-2-4-13-15(11)9(7-19-13)6-14(12)20/h2-5,7,10,14,16,19H,6,8H2,1H3/t10-,14-,16?/m1/s1. The third kappa shape index (κ3) is 1.80. The molecule has 0 radical (unpaired) electrons. The molecule has 1 aliphatic heterocycles. The van der Waals surface area contributed by atoms with Crippen LogP contribution in [0.5, 0.6) is 0 Å². The predicted molar refractivity (Wildman–Crippen MR) is 88.5 cm³/mol. The third-order valence-corrected chi connectivity index (χ3v) is 5.62. The van der Waals surface area contributed by atoms with Gasteiger partial charge in [-0.15, -0.1) is 11.6 Å². The van der Waals surface area contributed by atoms with Crippen LogP contribution in [-0.2, 0) is 6.42 Å². The Morgan fingerprint density at radius 3 is 3.10 bits per heavy atom. The van der Waals surface area contributed by atoms with Gasteiger partial charge in [0.2, 0.25) is 0 Å². The quantitative estimate of drug-likeness (QED) is 0.770. The largest absolute Gasteiger partial charge is 0.361 e. The van der Waals surface area contributed by atoms with Gasteiger partial charge in [-0.3, -0.25) is 4.90 Å². The molecule has 0 saturated carbocycles. The maximum atomic E-state index is 6.27. The lowest BCUT2D eigenvalue weighted by atomic mass is 9.80. The summed E-state index contributed by atoms with van der Waals surface area (Å²) in [7, 11) is 2.20. The maximum absolute atomic E-state index is 6.27. The van der Waals surface area contributed by atoms with E-state index in [1.54, 1.807) is 0 Å². The van der Waals surface area contributed by atoms with E-state index in [2.05, 4.69) is 63.3 Å². The highest BCUT2D eigenvalue weighted by molar-refractivity contribution is 9.10. The zero-order chi connectivity index (χ0) is 13.9. The molecule has 0 amide bonds. The first kappa shape index (κ1) is 12.9. The number of likely N-dealkylation sites (N-methyl/N-ethyl adjacent to an activating group) is 1. The fourth-order valence-corrected chi connectivity index (χ4v) is 4.12. The molecule has 2 heterocycles. The average Bonchev–Trinajstić information content (AvgIpc) is 2.84. The average molecular weight is 352 g/mol. The highest BCUT2D eigenvalue weighted by Crippen LogP contribution is 2.41. The van der Waals surface area contributed by atoms with Crippen molar-refractivity contribution < 1.29 is 0 Å². The van der Waals surface area contributed by atoms with E-state index in [1.165, 1.54) is 27.6 Å². The van der Waals surface area contributed by atoms with Gasteiger partial charge in [-0.1, -0.05) is 34.1 Å². The summed E-state index contributed by atoms with van der Waals surface area (Å²) >= 11 is 9.80. The van der Waals surface area contributed by atoms with Crippen LogP contribution in [0.15, 0.2) is 30.5 Å². The molecule has 4 heteroatoms. The minimum Gasteiger partial charge on any atom is -0.361 e. The first-order chi connectivity index (χ1) is 9.65. The molecule has 3 atom stereocenters. The Balaban J connectivity index is 1.94. The Labute approximate surface area is 131 Å². The van der Waals surface area contributed by atoms with E-state index in [1.807, 2.05) is 0 Å². The van der Waals surface area contributed by atoms with Gasteiger partial charge in [0.1, 0.15) is 0 Å². The number of halogens is 2. The first-order valence-electron chi connectivity index (χ1n) is 6.94. The lowest BCUT2D eigenvalue weighted by molar-refractivity contribution is 0.251. The van der Waals surface area contributed by atoms with Gasteiger partial charge in [-0.05, 0) is 36.2 Å². The molecule has 0 bridgehead atoms. The number of hydrogen-bond acceptors (Lipinski definition) is 1. The summed E-state index contributed by atoms with van der Waals surface area (Å²) in [5, 5.41) is 1.39. The summed E-state index contributed by atoms with van der Waals surface area (Å²) in [6, 6.07) is 7.01. The molecule has 2 aliphatic rings. The lowest BCUT2D eigenvalue weighted by Gasteiger charge is -2.40. The molecule has 2 nitrogen and oxygen atoms in total. The topological polar surface area (TPSA) is 19.0 Å². The van der Waals surface area contributed by atoms with Crippen molar-refractivity contribution in [3.05, 3.63) is 41.6 Å². The molecule has 2 aromatic rings. The number of alkyl halides is 2. The Hall–Kier alpha value is -0.770. The van der Waals surface area contributed by atoms with Crippen molar-refractivity contribution in [3.63, 3.8) is 0 Å². The van der Waals surface area contributed by atoms with E-state index >= 15 is 0 Å². The van der Waals surface area contributed by atoms with Gasteiger partial charge in [-0.25, -0.2) is 0 Å². The second-order valence-electron chi connectivity index (χ2n) is 5.82. The minimum absolute atomic E-state index is 0.00905. The van der Waals surface area contributed by atoms with Crippen LogP contribution in [0.1, 0.15) is 11.1 Å². The van der Waals surface area contributed by atoms with Gasteiger partial charge in [0.25, 0.3) is 0 Å². The molecule has 20 heavy (non-hydrogen) atoms. The SMILES string of the molecule is CN1C[C@H](C(Cl)Br)C=C2c3cccc4[nH]cc(c34)C[C@H]21. The van der Waals surface area contributed by atoms with Crippen LogP contribution >= 0.6 is 27.5 Å². The van der Waals surface area contributed by atoms with E-state index in [0.29, 0.717) is 12.0 Å². The molecular formula is C16H16BrClN2. The number of nitrogens with one attached hydrogen (secondary N) is 1. The lowest BCUT2D eigenvalue weighted by Crippen LogP contribution is -2.43. The van der Waals surface area contributed by atoms with Crippen LogP contribution < -0.4 is 0 Å². The normalized spacial score (nSPS) is 27.2. The summed E-state index contributed by atoms with van der Waals surface area (Å²) < 4.78 is -0.00905. The van der Waals surface area contributed by atoms with Gasteiger partial charge in [0.05, 0.1) is 4.29 Å². The number of aromatic nitrogens is 1. The van der Waals surface area contributed by atoms with Gasteiger partial charge >= 0.3 is 0 Å². The number of rotatable bonds is 1. The summed E-state index contributed by atoms with van der Waals surface area (Å²) in [5.74, 6) is 0.351. The fraction of sp³-hybridized carbons (Fsp3) is 0.375. The smallest absolute Gasteiger partial charge is 0.0961 e. The first-order valence-corrected chi connectivity index (χ1v) is 8.30. The monoisotopic (exact) mass is 350 g/mol. The maximum Gasteiger partial charge on any atom is 0.0961 e. The van der Waals surface area contributed by atoms with Gasteiger partial charge in [0, 0.05) is 35.6 Å².